The van der Waals surface area contributed by atoms with Gasteiger partial charge in [-0.15, -0.1) is 0 Å². The van der Waals surface area contributed by atoms with Gasteiger partial charge < -0.3 is 10.5 Å². The van der Waals surface area contributed by atoms with Gasteiger partial charge in [0.25, 0.3) is 0 Å². The largest absolute Gasteiger partial charge is 0.497 e. The Bertz CT molecular complexity index is 566. The number of nitrogens with two attached hydrogens (primary N) is 1. The molecule has 0 amide bonds. The fourth-order valence-electron chi connectivity index (χ4n) is 2.15. The molecule has 0 heterocycles. The lowest BCUT2D eigenvalue weighted by Crippen LogP contribution is -2.35. The summed E-state index contributed by atoms with van der Waals surface area (Å²) in [5, 5.41) is 0. The summed E-state index contributed by atoms with van der Waals surface area (Å²) in [5.41, 5.74) is 8.35. The van der Waals surface area contributed by atoms with Gasteiger partial charge >= 0.3 is 0 Å². The summed E-state index contributed by atoms with van der Waals surface area (Å²) in [6.07, 6.45) is 0.765. The van der Waals surface area contributed by atoms with E-state index in [0.29, 0.717) is 0 Å². The molecule has 3 heteroatoms. The van der Waals surface area contributed by atoms with Gasteiger partial charge in [-0.2, -0.15) is 0 Å². The zero-order valence-corrected chi connectivity index (χ0v) is 12.8. The molecule has 2 nitrogen and oxygen atoms in total. The molecule has 0 saturated carbocycles. The average Bonchev–Trinajstić information content (AvgIpc) is 2.38. The van der Waals surface area contributed by atoms with Gasteiger partial charge in [0.1, 0.15) is 5.75 Å². The van der Waals surface area contributed by atoms with Crippen LogP contribution in [-0.4, -0.2) is 7.11 Å². The third-order valence-electron chi connectivity index (χ3n) is 3.19. The van der Waals surface area contributed by atoms with Gasteiger partial charge in [-0.1, -0.05) is 40.2 Å². The summed E-state index contributed by atoms with van der Waals surface area (Å²) in [6.45, 7) is 2.05. The van der Waals surface area contributed by atoms with Crippen LogP contribution in [0.5, 0.6) is 5.75 Å². The predicted molar refractivity (Wildman–Crippen MR) is 82.4 cm³/mol. The number of hydrogen-bond acceptors (Lipinski definition) is 2. The first-order chi connectivity index (χ1) is 9.01. The van der Waals surface area contributed by atoms with E-state index in [1.165, 1.54) is 5.56 Å². The van der Waals surface area contributed by atoms with Crippen LogP contribution in [0.15, 0.2) is 53.0 Å². The molecule has 100 valence electrons. The molecule has 2 aromatic rings. The molecule has 0 spiro atoms. The molecule has 0 saturated heterocycles. The highest BCUT2D eigenvalue weighted by atomic mass is 79.9. The Balaban J connectivity index is 2.25. The number of hydrogen-bond donors (Lipinski definition) is 1. The number of rotatable bonds is 4. The molecule has 0 aliphatic rings. The lowest BCUT2D eigenvalue weighted by molar-refractivity contribution is 0.413. The standard InChI is InChI=1S/C16H18BrNO/c1-16(18,13-6-4-7-14(17)10-13)11-12-5-3-8-15(9-12)19-2/h3-10H,11,18H2,1-2H3. The van der Waals surface area contributed by atoms with E-state index < -0.39 is 5.54 Å². The van der Waals surface area contributed by atoms with Crippen LogP contribution in [0.2, 0.25) is 0 Å². The fourth-order valence-corrected chi connectivity index (χ4v) is 2.55. The highest BCUT2D eigenvalue weighted by molar-refractivity contribution is 9.10. The van der Waals surface area contributed by atoms with Crippen molar-refractivity contribution in [2.24, 2.45) is 5.73 Å². The van der Waals surface area contributed by atoms with Crippen LogP contribution in [0.3, 0.4) is 0 Å². The van der Waals surface area contributed by atoms with E-state index in [0.717, 1.165) is 22.2 Å². The van der Waals surface area contributed by atoms with Gasteiger partial charge in [0, 0.05) is 10.0 Å². The Labute approximate surface area is 122 Å². The summed E-state index contributed by atoms with van der Waals surface area (Å²) >= 11 is 3.49. The van der Waals surface area contributed by atoms with Crippen molar-refractivity contribution >= 4 is 15.9 Å². The van der Waals surface area contributed by atoms with Crippen LogP contribution in [0.25, 0.3) is 0 Å². The third kappa shape index (κ3) is 3.58. The first-order valence-corrected chi connectivity index (χ1v) is 6.98. The van der Waals surface area contributed by atoms with Crippen molar-refractivity contribution < 1.29 is 4.74 Å². The molecule has 0 aliphatic carbocycles. The Morgan fingerprint density at radius 1 is 1.16 bits per heavy atom. The third-order valence-corrected chi connectivity index (χ3v) is 3.68. The second-order valence-electron chi connectivity index (χ2n) is 4.96. The molecule has 1 unspecified atom stereocenters. The van der Waals surface area contributed by atoms with E-state index in [1.54, 1.807) is 7.11 Å². The molecule has 0 aliphatic heterocycles. The van der Waals surface area contributed by atoms with E-state index in [9.17, 15) is 0 Å². The molecule has 0 radical (unpaired) electrons. The minimum absolute atomic E-state index is 0.407. The van der Waals surface area contributed by atoms with Gasteiger partial charge in [0.15, 0.2) is 0 Å². The quantitative estimate of drug-likeness (QED) is 0.928. The summed E-state index contributed by atoms with van der Waals surface area (Å²) in [5.74, 6) is 0.863. The summed E-state index contributed by atoms with van der Waals surface area (Å²) < 4.78 is 6.29. The van der Waals surface area contributed by atoms with E-state index in [1.807, 2.05) is 37.3 Å². The van der Waals surface area contributed by atoms with Crippen LogP contribution < -0.4 is 10.5 Å². The first kappa shape index (κ1) is 14.1. The molecular formula is C16H18BrNO. The van der Waals surface area contributed by atoms with Crippen LogP contribution >= 0.6 is 15.9 Å². The first-order valence-electron chi connectivity index (χ1n) is 6.19. The molecule has 0 bridgehead atoms. The Hall–Kier alpha value is -1.32. The summed E-state index contributed by atoms with van der Waals surface area (Å²) in [6, 6.07) is 16.2. The molecule has 0 aromatic heterocycles. The maximum Gasteiger partial charge on any atom is 0.119 e. The Kier molecular flexibility index (Phi) is 4.27. The van der Waals surface area contributed by atoms with Crippen LogP contribution in [0, 0.1) is 0 Å². The monoisotopic (exact) mass is 319 g/mol. The zero-order valence-electron chi connectivity index (χ0n) is 11.2. The molecule has 0 fully saturated rings. The summed E-state index contributed by atoms with van der Waals surface area (Å²) in [7, 11) is 1.68. The Morgan fingerprint density at radius 3 is 2.58 bits per heavy atom. The van der Waals surface area contributed by atoms with Crippen molar-refractivity contribution in [2.75, 3.05) is 7.11 Å². The number of halogens is 1. The molecular weight excluding hydrogens is 302 g/mol. The second kappa shape index (κ2) is 5.76. The van der Waals surface area contributed by atoms with Crippen LogP contribution in [0.1, 0.15) is 18.1 Å². The normalized spacial score (nSPS) is 13.9. The molecule has 2 N–H and O–H groups in total. The highest BCUT2D eigenvalue weighted by Crippen LogP contribution is 2.26. The lowest BCUT2D eigenvalue weighted by Gasteiger charge is -2.26. The second-order valence-corrected chi connectivity index (χ2v) is 5.87. The topological polar surface area (TPSA) is 35.2 Å². The van der Waals surface area contributed by atoms with Crippen molar-refractivity contribution in [3.05, 3.63) is 64.1 Å². The smallest absolute Gasteiger partial charge is 0.119 e. The van der Waals surface area contributed by atoms with Crippen molar-refractivity contribution in [2.45, 2.75) is 18.9 Å². The molecule has 2 aromatic carbocycles. The van der Waals surface area contributed by atoms with Crippen molar-refractivity contribution in [1.29, 1.82) is 0 Å². The van der Waals surface area contributed by atoms with Gasteiger partial charge in [0.2, 0.25) is 0 Å². The Morgan fingerprint density at radius 2 is 1.89 bits per heavy atom. The number of methoxy groups -OCH3 is 1. The average molecular weight is 320 g/mol. The predicted octanol–water partition coefficient (Wildman–Crippen LogP) is 3.87. The molecule has 19 heavy (non-hydrogen) atoms. The minimum atomic E-state index is -0.407. The van der Waals surface area contributed by atoms with Gasteiger partial charge in [-0.25, -0.2) is 0 Å². The van der Waals surface area contributed by atoms with E-state index in [-0.39, 0.29) is 0 Å². The van der Waals surface area contributed by atoms with Gasteiger partial charge in [0.05, 0.1) is 7.11 Å². The number of ether oxygens (including phenoxy) is 1. The molecule has 1 atom stereocenters. The van der Waals surface area contributed by atoms with Crippen molar-refractivity contribution in [1.82, 2.24) is 0 Å². The highest BCUT2D eigenvalue weighted by Gasteiger charge is 2.22. The van der Waals surface area contributed by atoms with E-state index in [4.69, 9.17) is 10.5 Å². The maximum absolute atomic E-state index is 6.47. The van der Waals surface area contributed by atoms with E-state index >= 15 is 0 Å². The molecule has 2 rings (SSSR count). The van der Waals surface area contributed by atoms with Gasteiger partial charge in [-0.05, 0) is 48.7 Å². The SMILES string of the molecule is COc1cccc(CC(C)(N)c2cccc(Br)c2)c1. The zero-order chi connectivity index (χ0) is 13.9. The fraction of sp³-hybridized carbons (Fsp3) is 0.250. The van der Waals surface area contributed by atoms with Crippen LogP contribution in [0.4, 0.5) is 0 Å². The van der Waals surface area contributed by atoms with Crippen molar-refractivity contribution in [3.8, 4) is 5.75 Å². The lowest BCUT2D eigenvalue weighted by atomic mass is 9.86. The minimum Gasteiger partial charge on any atom is -0.497 e. The maximum atomic E-state index is 6.47. The van der Waals surface area contributed by atoms with Gasteiger partial charge in [-0.3, -0.25) is 0 Å². The summed E-state index contributed by atoms with van der Waals surface area (Å²) in [4.78, 5) is 0. The number of benzene rings is 2. The van der Waals surface area contributed by atoms with Crippen LogP contribution in [-0.2, 0) is 12.0 Å². The van der Waals surface area contributed by atoms with E-state index in [2.05, 4.69) is 34.1 Å². The van der Waals surface area contributed by atoms with Crippen molar-refractivity contribution in [3.63, 3.8) is 0 Å².